The highest BCUT2D eigenvalue weighted by molar-refractivity contribution is 5.75. The van der Waals surface area contributed by atoms with Gasteiger partial charge in [-0.1, -0.05) is 37.6 Å². The van der Waals surface area contributed by atoms with Gasteiger partial charge in [-0.15, -0.1) is 0 Å². The van der Waals surface area contributed by atoms with Gasteiger partial charge < -0.3 is 20.1 Å². The van der Waals surface area contributed by atoms with Gasteiger partial charge in [0.25, 0.3) is 0 Å². The molecular formula is C20H26N2O3. The Kier molecular flexibility index (Phi) is 7.14. The maximum Gasteiger partial charge on any atom is 0.315 e. The molecule has 2 rings (SSSR count). The summed E-state index contributed by atoms with van der Waals surface area (Å²) in [5, 5.41) is 5.95. The summed E-state index contributed by atoms with van der Waals surface area (Å²) < 4.78 is 10.4. The third-order valence-corrected chi connectivity index (χ3v) is 3.99. The van der Waals surface area contributed by atoms with Gasteiger partial charge in [0.2, 0.25) is 0 Å². The number of rotatable bonds is 8. The Morgan fingerprint density at radius 1 is 0.920 bits per heavy atom. The first kappa shape index (κ1) is 18.6. The predicted octanol–water partition coefficient (Wildman–Crippen LogP) is 3.89. The molecule has 2 N–H and O–H groups in total. The molecule has 25 heavy (non-hydrogen) atoms. The first-order valence-corrected chi connectivity index (χ1v) is 8.50. The number of amides is 2. The van der Waals surface area contributed by atoms with E-state index in [0.29, 0.717) is 6.54 Å². The lowest BCUT2D eigenvalue weighted by Crippen LogP contribution is -2.38. The van der Waals surface area contributed by atoms with Gasteiger partial charge >= 0.3 is 6.03 Å². The summed E-state index contributed by atoms with van der Waals surface area (Å²) in [6, 6.07) is 15.0. The zero-order valence-electron chi connectivity index (χ0n) is 15.0. The van der Waals surface area contributed by atoms with E-state index in [9.17, 15) is 4.79 Å². The summed E-state index contributed by atoms with van der Waals surface area (Å²) in [6.07, 6.45) is 2.00. The number of carbonyl (C=O) groups is 1. The fourth-order valence-electron chi connectivity index (χ4n) is 2.51. The number of unbranched alkanes of at least 4 members (excludes halogenated alkanes) is 1. The van der Waals surface area contributed by atoms with Crippen LogP contribution in [0.2, 0.25) is 0 Å². The topological polar surface area (TPSA) is 59.6 Å². The predicted molar refractivity (Wildman–Crippen MR) is 99.3 cm³/mol. The maximum absolute atomic E-state index is 12.2. The molecule has 0 saturated heterocycles. The molecule has 2 aromatic carbocycles. The Balaban J connectivity index is 2.21. The molecule has 0 aliphatic carbocycles. The Hall–Kier alpha value is -2.69. The molecule has 0 aliphatic rings. The van der Waals surface area contributed by atoms with Crippen LogP contribution in [-0.4, -0.2) is 26.8 Å². The minimum absolute atomic E-state index is 0.176. The van der Waals surface area contributed by atoms with Gasteiger partial charge in [-0.05, 0) is 41.8 Å². The molecule has 0 aromatic heterocycles. The Bertz CT molecular complexity index is 606. The molecule has 134 valence electrons. The summed E-state index contributed by atoms with van der Waals surface area (Å²) in [5.41, 5.74) is 1.97. The van der Waals surface area contributed by atoms with Crippen LogP contribution in [0.25, 0.3) is 0 Å². The van der Waals surface area contributed by atoms with Crippen molar-refractivity contribution in [1.29, 1.82) is 0 Å². The fraction of sp³-hybridized carbons (Fsp3) is 0.350. The highest BCUT2D eigenvalue weighted by atomic mass is 16.5. The minimum atomic E-state index is -0.251. The molecule has 0 atom stereocenters. The van der Waals surface area contributed by atoms with Crippen LogP contribution in [0.5, 0.6) is 11.5 Å². The molecule has 0 bridgehead atoms. The molecule has 2 aromatic rings. The third kappa shape index (κ3) is 5.41. The van der Waals surface area contributed by atoms with Gasteiger partial charge in [-0.25, -0.2) is 4.79 Å². The summed E-state index contributed by atoms with van der Waals surface area (Å²) >= 11 is 0. The standard InChI is InChI=1S/C20H26N2O3/c1-4-5-14-21-20(23)22-19(15-6-10-17(24-2)11-7-15)16-8-12-18(25-3)13-9-16/h6-13,19H,4-5,14H2,1-3H3,(H2,21,22,23). The summed E-state index contributed by atoms with van der Waals surface area (Å²) in [5.74, 6) is 1.56. The van der Waals surface area contributed by atoms with E-state index in [4.69, 9.17) is 9.47 Å². The molecule has 0 fully saturated rings. The average molecular weight is 342 g/mol. The van der Waals surface area contributed by atoms with Crippen molar-refractivity contribution in [2.75, 3.05) is 20.8 Å². The fourth-order valence-corrected chi connectivity index (χ4v) is 2.51. The molecule has 5 heteroatoms. The molecule has 0 spiro atoms. The van der Waals surface area contributed by atoms with Crippen molar-refractivity contribution in [2.24, 2.45) is 0 Å². The Morgan fingerprint density at radius 2 is 1.40 bits per heavy atom. The normalized spacial score (nSPS) is 10.4. The number of ether oxygens (including phenoxy) is 2. The molecule has 0 heterocycles. The van der Waals surface area contributed by atoms with Crippen molar-refractivity contribution >= 4 is 6.03 Å². The van der Waals surface area contributed by atoms with Crippen molar-refractivity contribution in [1.82, 2.24) is 10.6 Å². The van der Waals surface area contributed by atoms with E-state index in [2.05, 4.69) is 17.6 Å². The lowest BCUT2D eigenvalue weighted by atomic mass is 9.98. The third-order valence-electron chi connectivity index (χ3n) is 3.99. The van der Waals surface area contributed by atoms with Crippen molar-refractivity contribution in [3.63, 3.8) is 0 Å². The van der Waals surface area contributed by atoms with Gasteiger partial charge in [-0.3, -0.25) is 0 Å². The zero-order chi connectivity index (χ0) is 18.1. The minimum Gasteiger partial charge on any atom is -0.497 e. The van der Waals surface area contributed by atoms with E-state index in [1.807, 2.05) is 48.5 Å². The number of hydrogen-bond donors (Lipinski definition) is 2. The summed E-state index contributed by atoms with van der Waals surface area (Å²) in [7, 11) is 3.27. The second-order valence-corrected chi connectivity index (χ2v) is 5.73. The lowest BCUT2D eigenvalue weighted by Gasteiger charge is -2.21. The van der Waals surface area contributed by atoms with Gasteiger partial charge in [0.05, 0.1) is 20.3 Å². The van der Waals surface area contributed by atoms with Crippen LogP contribution in [0.15, 0.2) is 48.5 Å². The maximum atomic E-state index is 12.2. The first-order chi connectivity index (χ1) is 12.2. The molecule has 0 unspecified atom stereocenters. The lowest BCUT2D eigenvalue weighted by molar-refractivity contribution is 0.238. The van der Waals surface area contributed by atoms with Crippen LogP contribution in [0.1, 0.15) is 36.9 Å². The average Bonchev–Trinajstić information content (AvgIpc) is 2.66. The Labute approximate surface area is 149 Å². The van der Waals surface area contributed by atoms with E-state index in [0.717, 1.165) is 35.5 Å². The van der Waals surface area contributed by atoms with Crippen LogP contribution in [0.3, 0.4) is 0 Å². The van der Waals surface area contributed by atoms with Crippen molar-refractivity contribution in [3.8, 4) is 11.5 Å². The van der Waals surface area contributed by atoms with Gasteiger partial charge in [0.1, 0.15) is 11.5 Å². The van der Waals surface area contributed by atoms with Crippen molar-refractivity contribution < 1.29 is 14.3 Å². The van der Waals surface area contributed by atoms with E-state index in [1.54, 1.807) is 14.2 Å². The molecule has 5 nitrogen and oxygen atoms in total. The number of nitrogens with one attached hydrogen (secondary N) is 2. The molecule has 0 saturated carbocycles. The molecule has 0 radical (unpaired) electrons. The van der Waals surface area contributed by atoms with Gasteiger partial charge in [-0.2, -0.15) is 0 Å². The Morgan fingerprint density at radius 3 is 1.80 bits per heavy atom. The second kappa shape index (κ2) is 9.57. The van der Waals surface area contributed by atoms with Crippen molar-refractivity contribution in [2.45, 2.75) is 25.8 Å². The number of benzene rings is 2. The van der Waals surface area contributed by atoms with Crippen LogP contribution < -0.4 is 20.1 Å². The SMILES string of the molecule is CCCCNC(=O)NC(c1ccc(OC)cc1)c1ccc(OC)cc1. The van der Waals surface area contributed by atoms with E-state index in [-0.39, 0.29) is 12.1 Å². The highest BCUT2D eigenvalue weighted by Gasteiger charge is 2.17. The number of hydrogen-bond acceptors (Lipinski definition) is 3. The van der Waals surface area contributed by atoms with Crippen LogP contribution in [0.4, 0.5) is 4.79 Å². The smallest absolute Gasteiger partial charge is 0.315 e. The van der Waals surface area contributed by atoms with Crippen LogP contribution >= 0.6 is 0 Å². The van der Waals surface area contributed by atoms with Crippen LogP contribution in [-0.2, 0) is 0 Å². The van der Waals surface area contributed by atoms with E-state index < -0.39 is 0 Å². The number of methoxy groups -OCH3 is 2. The largest absolute Gasteiger partial charge is 0.497 e. The summed E-state index contributed by atoms with van der Waals surface area (Å²) in [4.78, 5) is 12.2. The van der Waals surface area contributed by atoms with Crippen LogP contribution in [0, 0.1) is 0 Å². The molecule has 0 aliphatic heterocycles. The highest BCUT2D eigenvalue weighted by Crippen LogP contribution is 2.25. The zero-order valence-corrected chi connectivity index (χ0v) is 15.0. The summed E-state index contributed by atoms with van der Waals surface area (Å²) in [6.45, 7) is 2.76. The number of carbonyl (C=O) groups excluding carboxylic acids is 1. The number of urea groups is 1. The van der Waals surface area contributed by atoms with Gasteiger partial charge in [0.15, 0.2) is 0 Å². The quantitative estimate of drug-likeness (QED) is 0.716. The monoisotopic (exact) mass is 342 g/mol. The molecular weight excluding hydrogens is 316 g/mol. The van der Waals surface area contributed by atoms with E-state index >= 15 is 0 Å². The van der Waals surface area contributed by atoms with E-state index in [1.165, 1.54) is 0 Å². The first-order valence-electron chi connectivity index (χ1n) is 8.50. The second-order valence-electron chi connectivity index (χ2n) is 5.73. The molecule has 2 amide bonds. The van der Waals surface area contributed by atoms with Gasteiger partial charge in [0, 0.05) is 6.54 Å². The van der Waals surface area contributed by atoms with Crippen molar-refractivity contribution in [3.05, 3.63) is 59.7 Å².